The molecule has 1 aliphatic carbocycles. The smallest absolute Gasteiger partial charge is 0.329 e. The molecule has 2 aromatic rings. The maximum atomic E-state index is 12.4. The van der Waals surface area contributed by atoms with Crippen LogP contribution in [0.1, 0.15) is 30.1 Å². The quantitative estimate of drug-likeness (QED) is 0.882. The highest BCUT2D eigenvalue weighted by molar-refractivity contribution is 5.98. The maximum absolute atomic E-state index is 12.4. The van der Waals surface area contributed by atoms with Crippen molar-refractivity contribution < 1.29 is 14.7 Å². The number of hydrogen-bond acceptors (Lipinski definition) is 3. The minimum Gasteiger partial charge on any atom is -0.480 e. The summed E-state index contributed by atoms with van der Waals surface area (Å²) in [6.45, 7) is 1.57. The van der Waals surface area contributed by atoms with E-state index in [0.717, 1.165) is 18.5 Å². The molecule has 0 spiro atoms. The van der Waals surface area contributed by atoms with Crippen LogP contribution in [0, 0.1) is 5.92 Å². The van der Waals surface area contributed by atoms with Gasteiger partial charge in [0.1, 0.15) is 5.54 Å². The van der Waals surface area contributed by atoms with Crippen LogP contribution in [-0.2, 0) is 4.79 Å². The van der Waals surface area contributed by atoms with E-state index in [2.05, 4.69) is 10.4 Å². The van der Waals surface area contributed by atoms with Crippen molar-refractivity contribution in [3.05, 3.63) is 48.3 Å². The summed E-state index contributed by atoms with van der Waals surface area (Å²) in [6.07, 6.45) is 5.09. The van der Waals surface area contributed by atoms with Gasteiger partial charge in [0.05, 0.1) is 5.69 Å². The van der Waals surface area contributed by atoms with Gasteiger partial charge in [-0.1, -0.05) is 6.07 Å². The number of nitrogens with zero attached hydrogens (tertiary/aromatic N) is 2. The molecule has 22 heavy (non-hydrogen) atoms. The fourth-order valence-electron chi connectivity index (χ4n) is 2.51. The minimum atomic E-state index is -1.21. The van der Waals surface area contributed by atoms with Crippen molar-refractivity contribution in [2.75, 3.05) is 0 Å². The summed E-state index contributed by atoms with van der Waals surface area (Å²) in [5, 5.41) is 16.2. The van der Waals surface area contributed by atoms with Crippen LogP contribution in [0.25, 0.3) is 5.69 Å². The average molecular weight is 299 g/mol. The number of benzene rings is 1. The Morgan fingerprint density at radius 2 is 2.14 bits per heavy atom. The second-order valence-corrected chi connectivity index (χ2v) is 5.74. The van der Waals surface area contributed by atoms with Gasteiger partial charge in [0.25, 0.3) is 5.91 Å². The van der Waals surface area contributed by atoms with Gasteiger partial charge in [-0.15, -0.1) is 0 Å². The Labute approximate surface area is 127 Å². The molecule has 1 aromatic carbocycles. The van der Waals surface area contributed by atoms with E-state index in [1.807, 2.05) is 6.07 Å². The molecule has 6 nitrogen and oxygen atoms in total. The average Bonchev–Trinajstić information content (AvgIpc) is 3.23. The first-order valence-corrected chi connectivity index (χ1v) is 7.17. The fourth-order valence-corrected chi connectivity index (χ4v) is 2.51. The van der Waals surface area contributed by atoms with Gasteiger partial charge in [0, 0.05) is 18.0 Å². The molecule has 2 N–H and O–H groups in total. The Morgan fingerprint density at radius 1 is 1.36 bits per heavy atom. The SMILES string of the molecule is C[C@@](NC(=O)c1cccc(-n2cccn2)c1)(C(=O)O)C1CC1. The summed E-state index contributed by atoms with van der Waals surface area (Å²) in [6, 6.07) is 8.73. The zero-order valence-electron chi connectivity index (χ0n) is 12.2. The van der Waals surface area contributed by atoms with Crippen LogP contribution < -0.4 is 5.32 Å². The number of aliphatic carboxylic acids is 1. The molecule has 1 fully saturated rings. The van der Waals surface area contributed by atoms with E-state index >= 15 is 0 Å². The maximum Gasteiger partial charge on any atom is 0.329 e. The summed E-state index contributed by atoms with van der Waals surface area (Å²) in [4.78, 5) is 23.9. The standard InChI is InChI=1S/C16H17N3O3/c1-16(15(21)22,12-6-7-12)18-14(20)11-4-2-5-13(10-11)19-9-3-8-17-19/h2-5,8-10,12H,6-7H2,1H3,(H,18,20)(H,21,22)/t16-/m0/s1. The Hall–Kier alpha value is -2.63. The van der Waals surface area contributed by atoms with Crippen LogP contribution in [0.15, 0.2) is 42.7 Å². The Morgan fingerprint density at radius 3 is 2.73 bits per heavy atom. The zero-order chi connectivity index (χ0) is 15.7. The van der Waals surface area contributed by atoms with Crippen LogP contribution in [0.3, 0.4) is 0 Å². The van der Waals surface area contributed by atoms with Gasteiger partial charge in [-0.2, -0.15) is 5.10 Å². The van der Waals surface area contributed by atoms with Crippen molar-refractivity contribution in [3.8, 4) is 5.69 Å². The monoisotopic (exact) mass is 299 g/mol. The largest absolute Gasteiger partial charge is 0.480 e. The van der Waals surface area contributed by atoms with Gasteiger partial charge in [-0.25, -0.2) is 9.48 Å². The van der Waals surface area contributed by atoms with Crippen molar-refractivity contribution in [2.24, 2.45) is 5.92 Å². The van der Waals surface area contributed by atoms with Crippen LogP contribution in [-0.4, -0.2) is 32.3 Å². The summed E-state index contributed by atoms with van der Waals surface area (Å²) < 4.78 is 1.65. The predicted octanol–water partition coefficient (Wildman–Crippen LogP) is 1.86. The van der Waals surface area contributed by atoms with Crippen LogP contribution in [0.5, 0.6) is 0 Å². The fraction of sp³-hybridized carbons (Fsp3) is 0.312. The highest BCUT2D eigenvalue weighted by Crippen LogP contribution is 2.39. The van der Waals surface area contributed by atoms with Crippen LogP contribution in [0.2, 0.25) is 0 Å². The van der Waals surface area contributed by atoms with Gasteiger partial charge in [-0.05, 0) is 49.9 Å². The Balaban J connectivity index is 1.83. The topological polar surface area (TPSA) is 84.2 Å². The van der Waals surface area contributed by atoms with Crippen molar-refractivity contribution in [1.82, 2.24) is 15.1 Å². The molecule has 1 amide bonds. The summed E-state index contributed by atoms with van der Waals surface area (Å²) in [5.41, 5.74) is -0.0408. The van der Waals surface area contributed by atoms with Crippen molar-refractivity contribution >= 4 is 11.9 Å². The van der Waals surface area contributed by atoms with Crippen LogP contribution in [0.4, 0.5) is 0 Å². The number of amides is 1. The Kier molecular flexibility index (Phi) is 3.44. The molecule has 0 saturated heterocycles. The first kappa shape index (κ1) is 14.3. The third kappa shape index (κ3) is 2.59. The lowest BCUT2D eigenvalue weighted by atomic mass is 9.95. The summed E-state index contributed by atoms with van der Waals surface area (Å²) in [7, 11) is 0. The number of carbonyl (C=O) groups excluding carboxylic acids is 1. The highest BCUT2D eigenvalue weighted by atomic mass is 16.4. The molecule has 1 atom stereocenters. The van der Waals surface area contributed by atoms with Gasteiger partial charge >= 0.3 is 5.97 Å². The lowest BCUT2D eigenvalue weighted by molar-refractivity contribution is -0.144. The van der Waals surface area contributed by atoms with Gasteiger partial charge in [-0.3, -0.25) is 4.79 Å². The number of nitrogens with one attached hydrogen (secondary N) is 1. The molecule has 0 unspecified atom stereocenters. The van der Waals surface area contributed by atoms with E-state index in [1.54, 1.807) is 48.3 Å². The number of aromatic nitrogens is 2. The van der Waals surface area contributed by atoms with Gasteiger partial charge in [0.2, 0.25) is 0 Å². The lowest BCUT2D eigenvalue weighted by Crippen LogP contribution is -2.54. The van der Waals surface area contributed by atoms with Gasteiger partial charge in [0.15, 0.2) is 0 Å². The second-order valence-electron chi connectivity index (χ2n) is 5.74. The predicted molar refractivity (Wildman–Crippen MR) is 79.8 cm³/mol. The first-order chi connectivity index (χ1) is 10.5. The zero-order valence-corrected chi connectivity index (χ0v) is 12.2. The normalized spacial score (nSPS) is 16.8. The number of hydrogen-bond donors (Lipinski definition) is 2. The van der Waals surface area contributed by atoms with Crippen LogP contribution >= 0.6 is 0 Å². The van der Waals surface area contributed by atoms with E-state index in [0.29, 0.717) is 5.56 Å². The van der Waals surface area contributed by atoms with Crippen molar-refractivity contribution in [3.63, 3.8) is 0 Å². The molecule has 1 saturated carbocycles. The van der Waals surface area contributed by atoms with E-state index in [9.17, 15) is 14.7 Å². The molecule has 1 heterocycles. The molecule has 0 bridgehead atoms. The number of rotatable bonds is 5. The van der Waals surface area contributed by atoms with E-state index in [1.165, 1.54) is 0 Å². The molecule has 0 aliphatic heterocycles. The van der Waals surface area contributed by atoms with E-state index in [4.69, 9.17) is 0 Å². The molecule has 1 aliphatic rings. The summed E-state index contributed by atoms with van der Waals surface area (Å²) in [5.74, 6) is -1.37. The van der Waals surface area contributed by atoms with Gasteiger partial charge < -0.3 is 10.4 Å². The minimum absolute atomic E-state index is 0.00301. The van der Waals surface area contributed by atoms with Crippen molar-refractivity contribution in [2.45, 2.75) is 25.3 Å². The number of carboxylic acids is 1. The third-order valence-electron chi connectivity index (χ3n) is 4.09. The molecule has 114 valence electrons. The van der Waals surface area contributed by atoms with Crippen molar-refractivity contribution in [1.29, 1.82) is 0 Å². The molecule has 0 radical (unpaired) electrons. The second kappa shape index (κ2) is 5.29. The molecule has 6 heteroatoms. The highest BCUT2D eigenvalue weighted by Gasteiger charge is 2.48. The molecular formula is C16H17N3O3. The Bertz CT molecular complexity index is 707. The number of carboxylic acid groups (broad SMARTS) is 1. The molecule has 3 rings (SSSR count). The molecular weight excluding hydrogens is 282 g/mol. The third-order valence-corrected chi connectivity index (χ3v) is 4.09. The molecule has 1 aromatic heterocycles. The first-order valence-electron chi connectivity index (χ1n) is 7.17. The van der Waals surface area contributed by atoms with E-state index in [-0.39, 0.29) is 11.8 Å². The van der Waals surface area contributed by atoms with E-state index < -0.39 is 11.5 Å². The lowest BCUT2D eigenvalue weighted by Gasteiger charge is -2.26. The number of carbonyl (C=O) groups is 2. The summed E-state index contributed by atoms with van der Waals surface area (Å²) >= 11 is 0.